The predicted octanol–water partition coefficient (Wildman–Crippen LogP) is 3.77. The summed E-state index contributed by atoms with van der Waals surface area (Å²) in [6.45, 7) is 1.82. The van der Waals surface area contributed by atoms with E-state index in [2.05, 4.69) is 0 Å². The standard InChI is InChI=1S/C17H12O4/c1-11-14-4-2-3-5-15(14)21-16(11)17(19)20-13-8-6-12(10-18)7-9-13/h2-10H,1H3. The van der Waals surface area contributed by atoms with Gasteiger partial charge < -0.3 is 9.15 Å². The van der Waals surface area contributed by atoms with E-state index >= 15 is 0 Å². The zero-order valence-corrected chi connectivity index (χ0v) is 11.3. The minimum atomic E-state index is -0.553. The number of aldehydes is 1. The van der Waals surface area contributed by atoms with Gasteiger partial charge in [0, 0.05) is 16.5 Å². The van der Waals surface area contributed by atoms with Crippen LogP contribution in [0.3, 0.4) is 0 Å². The number of ether oxygens (including phenoxy) is 1. The molecule has 2 aromatic carbocycles. The second-order valence-electron chi connectivity index (χ2n) is 4.63. The Labute approximate surface area is 120 Å². The maximum Gasteiger partial charge on any atom is 0.379 e. The molecule has 0 fully saturated rings. The maximum atomic E-state index is 12.2. The van der Waals surface area contributed by atoms with E-state index in [-0.39, 0.29) is 5.76 Å². The minimum Gasteiger partial charge on any atom is -0.449 e. The number of rotatable bonds is 3. The molecule has 21 heavy (non-hydrogen) atoms. The molecule has 0 unspecified atom stereocenters. The number of furan rings is 1. The summed E-state index contributed by atoms with van der Waals surface area (Å²) in [7, 11) is 0. The van der Waals surface area contributed by atoms with Crippen LogP contribution in [-0.2, 0) is 0 Å². The van der Waals surface area contributed by atoms with E-state index < -0.39 is 5.97 Å². The van der Waals surface area contributed by atoms with Crippen molar-refractivity contribution >= 4 is 23.2 Å². The van der Waals surface area contributed by atoms with Crippen LogP contribution in [0.5, 0.6) is 5.75 Å². The molecule has 0 N–H and O–H groups in total. The molecule has 0 spiro atoms. The SMILES string of the molecule is Cc1c(C(=O)Oc2ccc(C=O)cc2)oc2ccccc12. The molecule has 3 rings (SSSR count). The van der Waals surface area contributed by atoms with Crippen LogP contribution < -0.4 is 4.74 Å². The van der Waals surface area contributed by atoms with Crippen molar-refractivity contribution in [2.75, 3.05) is 0 Å². The fourth-order valence-electron chi connectivity index (χ4n) is 2.14. The summed E-state index contributed by atoms with van der Waals surface area (Å²) >= 11 is 0. The van der Waals surface area contributed by atoms with Crippen LogP contribution in [0, 0.1) is 6.92 Å². The Hall–Kier alpha value is -2.88. The zero-order chi connectivity index (χ0) is 14.8. The largest absolute Gasteiger partial charge is 0.449 e. The molecule has 4 heteroatoms. The van der Waals surface area contributed by atoms with E-state index in [1.54, 1.807) is 30.3 Å². The molecule has 0 aliphatic carbocycles. The third kappa shape index (κ3) is 2.43. The molecule has 0 bridgehead atoms. The van der Waals surface area contributed by atoms with Gasteiger partial charge in [0.2, 0.25) is 5.76 Å². The fraction of sp³-hybridized carbons (Fsp3) is 0.0588. The molecular formula is C17H12O4. The van der Waals surface area contributed by atoms with Crippen molar-refractivity contribution in [2.24, 2.45) is 0 Å². The number of hydrogen-bond acceptors (Lipinski definition) is 4. The van der Waals surface area contributed by atoms with Gasteiger partial charge in [-0.3, -0.25) is 4.79 Å². The Morgan fingerprint density at radius 1 is 1.10 bits per heavy atom. The van der Waals surface area contributed by atoms with Crippen molar-refractivity contribution in [3.8, 4) is 5.75 Å². The number of fused-ring (bicyclic) bond motifs is 1. The molecular weight excluding hydrogens is 268 g/mol. The quantitative estimate of drug-likeness (QED) is 0.416. The third-order valence-electron chi connectivity index (χ3n) is 3.26. The van der Waals surface area contributed by atoms with Crippen LogP contribution in [-0.4, -0.2) is 12.3 Å². The van der Waals surface area contributed by atoms with Gasteiger partial charge in [0.15, 0.2) is 0 Å². The van der Waals surface area contributed by atoms with E-state index in [9.17, 15) is 9.59 Å². The Balaban J connectivity index is 1.89. The van der Waals surface area contributed by atoms with Crippen LogP contribution >= 0.6 is 0 Å². The number of para-hydroxylation sites is 1. The third-order valence-corrected chi connectivity index (χ3v) is 3.26. The number of carbonyl (C=O) groups is 2. The van der Waals surface area contributed by atoms with Crippen molar-refractivity contribution in [3.63, 3.8) is 0 Å². The fourth-order valence-corrected chi connectivity index (χ4v) is 2.14. The first-order chi connectivity index (χ1) is 10.2. The van der Waals surface area contributed by atoms with Gasteiger partial charge in [-0.15, -0.1) is 0 Å². The summed E-state index contributed by atoms with van der Waals surface area (Å²) in [4.78, 5) is 22.8. The second kappa shape index (κ2) is 5.25. The molecule has 1 aromatic heterocycles. The number of hydrogen-bond donors (Lipinski definition) is 0. The van der Waals surface area contributed by atoms with E-state index in [1.165, 1.54) is 0 Å². The van der Waals surface area contributed by atoms with Gasteiger partial charge >= 0.3 is 5.97 Å². The topological polar surface area (TPSA) is 56.5 Å². The van der Waals surface area contributed by atoms with Crippen LogP contribution in [0.15, 0.2) is 52.9 Å². The lowest BCUT2D eigenvalue weighted by Gasteiger charge is -2.02. The molecule has 3 aromatic rings. The van der Waals surface area contributed by atoms with E-state index in [4.69, 9.17) is 9.15 Å². The van der Waals surface area contributed by atoms with Gasteiger partial charge in [0.05, 0.1) is 0 Å². The van der Waals surface area contributed by atoms with E-state index in [1.807, 2.05) is 25.1 Å². The van der Waals surface area contributed by atoms with Gasteiger partial charge in [-0.1, -0.05) is 18.2 Å². The molecule has 0 saturated heterocycles. The summed E-state index contributed by atoms with van der Waals surface area (Å²) in [5.41, 5.74) is 1.92. The Bertz CT molecular complexity index is 812. The summed E-state index contributed by atoms with van der Waals surface area (Å²) in [5, 5.41) is 0.890. The van der Waals surface area contributed by atoms with Crippen molar-refractivity contribution in [3.05, 3.63) is 65.4 Å². The first-order valence-corrected chi connectivity index (χ1v) is 6.44. The Morgan fingerprint density at radius 2 is 1.81 bits per heavy atom. The molecule has 0 saturated carbocycles. The monoisotopic (exact) mass is 280 g/mol. The lowest BCUT2D eigenvalue weighted by atomic mass is 10.1. The summed E-state index contributed by atoms with van der Waals surface area (Å²) in [6.07, 6.45) is 0.731. The van der Waals surface area contributed by atoms with Crippen LogP contribution in [0.4, 0.5) is 0 Å². The first-order valence-electron chi connectivity index (χ1n) is 6.44. The average molecular weight is 280 g/mol. The van der Waals surface area contributed by atoms with Crippen molar-refractivity contribution < 1.29 is 18.7 Å². The van der Waals surface area contributed by atoms with Gasteiger partial charge in [0.25, 0.3) is 0 Å². The van der Waals surface area contributed by atoms with Gasteiger partial charge in [-0.2, -0.15) is 0 Å². The molecule has 0 atom stereocenters. The minimum absolute atomic E-state index is 0.190. The zero-order valence-electron chi connectivity index (χ0n) is 11.3. The maximum absolute atomic E-state index is 12.2. The molecule has 0 radical (unpaired) electrons. The molecule has 1 heterocycles. The lowest BCUT2D eigenvalue weighted by molar-refractivity contribution is 0.0703. The second-order valence-corrected chi connectivity index (χ2v) is 4.63. The molecule has 0 aliphatic rings. The highest BCUT2D eigenvalue weighted by Gasteiger charge is 2.19. The highest BCUT2D eigenvalue weighted by Crippen LogP contribution is 2.26. The van der Waals surface area contributed by atoms with Gasteiger partial charge in [0.1, 0.15) is 17.6 Å². The van der Waals surface area contributed by atoms with E-state index in [0.717, 1.165) is 17.2 Å². The summed E-state index contributed by atoms with van der Waals surface area (Å²) in [5.74, 6) is 0.00340. The first kappa shape index (κ1) is 13.1. The van der Waals surface area contributed by atoms with Gasteiger partial charge in [-0.05, 0) is 37.3 Å². The van der Waals surface area contributed by atoms with Crippen LogP contribution in [0.25, 0.3) is 11.0 Å². The normalized spacial score (nSPS) is 10.5. The summed E-state index contributed by atoms with van der Waals surface area (Å²) in [6, 6.07) is 13.7. The molecule has 104 valence electrons. The van der Waals surface area contributed by atoms with Gasteiger partial charge in [-0.25, -0.2) is 4.79 Å². The van der Waals surface area contributed by atoms with E-state index in [0.29, 0.717) is 16.9 Å². The Morgan fingerprint density at radius 3 is 2.48 bits per heavy atom. The Kier molecular flexibility index (Phi) is 3.28. The number of esters is 1. The molecule has 0 aliphatic heterocycles. The molecule has 0 amide bonds. The van der Waals surface area contributed by atoms with Crippen LogP contribution in [0.1, 0.15) is 26.5 Å². The van der Waals surface area contributed by atoms with Crippen molar-refractivity contribution in [2.45, 2.75) is 6.92 Å². The van der Waals surface area contributed by atoms with Crippen molar-refractivity contribution in [1.29, 1.82) is 0 Å². The molecule has 4 nitrogen and oxygen atoms in total. The number of aryl methyl sites for hydroxylation is 1. The summed E-state index contributed by atoms with van der Waals surface area (Å²) < 4.78 is 10.8. The smallest absolute Gasteiger partial charge is 0.379 e. The lowest BCUT2D eigenvalue weighted by Crippen LogP contribution is -2.08. The average Bonchev–Trinajstić information content (AvgIpc) is 2.86. The van der Waals surface area contributed by atoms with Crippen molar-refractivity contribution in [1.82, 2.24) is 0 Å². The highest BCUT2D eigenvalue weighted by molar-refractivity contribution is 5.96. The van der Waals surface area contributed by atoms with Crippen LogP contribution in [0.2, 0.25) is 0 Å². The number of carbonyl (C=O) groups excluding carboxylic acids is 2. The number of benzene rings is 2. The highest BCUT2D eigenvalue weighted by atomic mass is 16.5. The predicted molar refractivity (Wildman–Crippen MR) is 77.7 cm³/mol.